The number of nitriles is 1. The van der Waals surface area contributed by atoms with Crippen molar-refractivity contribution in [3.05, 3.63) is 75.3 Å². The van der Waals surface area contributed by atoms with Crippen molar-refractivity contribution in [1.29, 1.82) is 5.26 Å². The molecule has 3 rings (SSSR count). The number of nitrogens with one attached hydrogen (secondary N) is 1. The highest BCUT2D eigenvalue weighted by atomic mass is 16.2. The van der Waals surface area contributed by atoms with Crippen molar-refractivity contribution >= 4 is 5.91 Å². The van der Waals surface area contributed by atoms with Gasteiger partial charge in [0.15, 0.2) is 5.82 Å². The molecule has 0 fully saturated rings. The number of benzene rings is 1. The first-order chi connectivity index (χ1) is 13.9. The van der Waals surface area contributed by atoms with Crippen molar-refractivity contribution in [3.63, 3.8) is 0 Å². The number of rotatable bonds is 6. The summed E-state index contributed by atoms with van der Waals surface area (Å²) in [5.41, 5.74) is 6.76. The van der Waals surface area contributed by atoms with Crippen LogP contribution in [0, 0.1) is 17.2 Å². The van der Waals surface area contributed by atoms with Crippen LogP contribution in [0.2, 0.25) is 0 Å². The maximum absolute atomic E-state index is 12.7. The molecular formula is C21H20N6O2. The maximum atomic E-state index is 12.7. The number of nitrogens with two attached hydrogens (primary N) is 1. The van der Waals surface area contributed by atoms with Gasteiger partial charge in [-0.05, 0) is 42.2 Å². The number of amides is 1. The zero-order chi connectivity index (χ0) is 21.0. The van der Waals surface area contributed by atoms with Crippen LogP contribution < -0.4 is 11.3 Å². The molecule has 8 nitrogen and oxygen atoms in total. The molecule has 2 aromatic heterocycles. The zero-order valence-electron chi connectivity index (χ0n) is 16.1. The van der Waals surface area contributed by atoms with Gasteiger partial charge in [-0.15, -0.1) is 5.10 Å². The van der Waals surface area contributed by atoms with E-state index in [2.05, 4.69) is 26.2 Å². The Labute approximate surface area is 167 Å². The lowest BCUT2D eigenvalue weighted by molar-refractivity contribution is 0.0997. The Bertz CT molecular complexity index is 1110. The van der Waals surface area contributed by atoms with Gasteiger partial charge in [0.05, 0.1) is 17.3 Å². The summed E-state index contributed by atoms with van der Waals surface area (Å²) in [7, 11) is 0. The van der Waals surface area contributed by atoms with E-state index in [4.69, 9.17) is 11.0 Å². The monoisotopic (exact) mass is 388 g/mol. The van der Waals surface area contributed by atoms with Gasteiger partial charge in [0.1, 0.15) is 11.3 Å². The first kappa shape index (κ1) is 19.9. The van der Waals surface area contributed by atoms with Crippen LogP contribution in [0.5, 0.6) is 0 Å². The third-order valence-corrected chi connectivity index (χ3v) is 4.49. The second-order valence-electron chi connectivity index (χ2n) is 7.06. The van der Waals surface area contributed by atoms with Crippen molar-refractivity contribution < 1.29 is 4.79 Å². The number of H-pyrrole nitrogens is 1. The number of aromatic nitrogens is 4. The quantitative estimate of drug-likeness (QED) is 0.665. The van der Waals surface area contributed by atoms with E-state index >= 15 is 0 Å². The average molecular weight is 388 g/mol. The normalized spacial score (nSPS) is 11.8. The molecule has 0 aliphatic heterocycles. The molecule has 146 valence electrons. The molecule has 0 spiro atoms. The van der Waals surface area contributed by atoms with Gasteiger partial charge >= 0.3 is 0 Å². The van der Waals surface area contributed by atoms with Gasteiger partial charge < -0.3 is 10.7 Å². The summed E-state index contributed by atoms with van der Waals surface area (Å²) in [5, 5.41) is 16.9. The van der Waals surface area contributed by atoms with E-state index in [1.54, 1.807) is 36.4 Å². The zero-order valence-corrected chi connectivity index (χ0v) is 16.1. The van der Waals surface area contributed by atoms with Gasteiger partial charge in [0.2, 0.25) is 0 Å². The molecule has 1 aromatic carbocycles. The average Bonchev–Trinajstić information content (AvgIpc) is 2.71. The van der Waals surface area contributed by atoms with E-state index in [0.29, 0.717) is 23.4 Å². The second-order valence-corrected chi connectivity index (χ2v) is 7.06. The number of carbonyl (C=O) groups excluding carboxylic acids is 1. The molecule has 1 amide bonds. The molecule has 8 heteroatoms. The first-order valence-corrected chi connectivity index (χ1v) is 9.12. The number of nitrogens with zero attached hydrogens (tertiary/aromatic N) is 4. The van der Waals surface area contributed by atoms with E-state index in [0.717, 1.165) is 5.56 Å². The third-order valence-electron chi connectivity index (χ3n) is 4.49. The Morgan fingerprint density at radius 3 is 2.52 bits per heavy atom. The number of carbonyl (C=O) groups is 1. The molecule has 29 heavy (non-hydrogen) atoms. The summed E-state index contributed by atoms with van der Waals surface area (Å²) in [6.45, 7) is 4.08. The van der Waals surface area contributed by atoms with Crippen LogP contribution in [-0.4, -0.2) is 26.1 Å². The lowest BCUT2D eigenvalue weighted by Crippen LogP contribution is -2.29. The fraction of sp³-hybridized carbons (Fsp3) is 0.238. The Morgan fingerprint density at radius 1 is 1.24 bits per heavy atom. The molecule has 3 aromatic rings. The summed E-state index contributed by atoms with van der Waals surface area (Å²) >= 11 is 0. The van der Waals surface area contributed by atoms with E-state index in [9.17, 15) is 9.59 Å². The van der Waals surface area contributed by atoms with Crippen LogP contribution in [0.15, 0.2) is 47.4 Å². The molecule has 0 aliphatic rings. The molecule has 0 saturated heterocycles. The molecule has 3 N–H and O–H groups in total. The van der Waals surface area contributed by atoms with E-state index < -0.39 is 11.5 Å². The van der Waals surface area contributed by atoms with Gasteiger partial charge in [-0.25, -0.2) is 4.98 Å². The predicted molar refractivity (Wildman–Crippen MR) is 107 cm³/mol. The van der Waals surface area contributed by atoms with Gasteiger partial charge in [-0.1, -0.05) is 26.0 Å². The highest BCUT2D eigenvalue weighted by molar-refractivity contribution is 5.94. The summed E-state index contributed by atoms with van der Waals surface area (Å²) in [5.74, 6) is -0.743. The van der Waals surface area contributed by atoms with Crippen molar-refractivity contribution in [1.82, 2.24) is 20.2 Å². The molecule has 1 atom stereocenters. The van der Waals surface area contributed by atoms with Gasteiger partial charge in [-0.2, -0.15) is 10.4 Å². The maximum Gasteiger partial charge on any atom is 0.264 e. The minimum atomic E-state index is -0.846. The largest absolute Gasteiger partial charge is 0.365 e. The van der Waals surface area contributed by atoms with Crippen LogP contribution in [-0.2, 0) is 0 Å². The highest BCUT2D eigenvalue weighted by Crippen LogP contribution is 2.32. The lowest BCUT2D eigenvalue weighted by atomic mass is 9.85. The second kappa shape index (κ2) is 8.44. The van der Waals surface area contributed by atoms with Crippen LogP contribution in [0.25, 0.3) is 11.5 Å². The molecule has 0 aliphatic carbocycles. The first-order valence-electron chi connectivity index (χ1n) is 9.12. The fourth-order valence-electron chi connectivity index (χ4n) is 3.20. The Hall–Kier alpha value is -3.86. The standard InChI is InChI=1S/C21H20N6O2/c1-12(2)10-15(14-7-5-13(11-22)6-8-14)18-17(19(23)28)21(29)26-20(25-18)16-4-3-9-24-27-16/h3-9,12,15H,10H2,1-2H3,(H2,23,28)(H,25,26,29). The van der Waals surface area contributed by atoms with E-state index in [1.807, 2.05) is 13.8 Å². The molecule has 0 radical (unpaired) electrons. The van der Waals surface area contributed by atoms with Gasteiger partial charge in [0.25, 0.3) is 11.5 Å². The van der Waals surface area contributed by atoms with Crippen molar-refractivity contribution in [2.45, 2.75) is 26.2 Å². The van der Waals surface area contributed by atoms with E-state index in [1.165, 1.54) is 6.20 Å². The summed E-state index contributed by atoms with van der Waals surface area (Å²) in [6, 6.07) is 12.4. The molecular weight excluding hydrogens is 368 g/mol. The molecule has 1 unspecified atom stereocenters. The highest BCUT2D eigenvalue weighted by Gasteiger charge is 2.26. The van der Waals surface area contributed by atoms with Crippen LogP contribution in [0.4, 0.5) is 0 Å². The van der Waals surface area contributed by atoms with Crippen LogP contribution >= 0.6 is 0 Å². The van der Waals surface area contributed by atoms with Crippen molar-refractivity contribution in [3.8, 4) is 17.6 Å². The van der Waals surface area contributed by atoms with Crippen molar-refractivity contribution in [2.24, 2.45) is 11.7 Å². The minimum absolute atomic E-state index is 0.173. The lowest BCUT2D eigenvalue weighted by Gasteiger charge is -2.21. The topological polar surface area (TPSA) is 138 Å². The number of aromatic amines is 1. The fourth-order valence-corrected chi connectivity index (χ4v) is 3.20. The summed E-state index contributed by atoms with van der Waals surface area (Å²) in [4.78, 5) is 32.0. The Balaban J connectivity index is 2.24. The van der Waals surface area contributed by atoms with Gasteiger partial charge in [-0.3, -0.25) is 9.59 Å². The van der Waals surface area contributed by atoms with Crippen LogP contribution in [0.1, 0.15) is 53.4 Å². The Morgan fingerprint density at radius 2 is 1.97 bits per heavy atom. The third kappa shape index (κ3) is 4.35. The predicted octanol–water partition coefficient (Wildman–Crippen LogP) is 2.38. The van der Waals surface area contributed by atoms with E-state index in [-0.39, 0.29) is 23.2 Å². The summed E-state index contributed by atoms with van der Waals surface area (Å²) < 4.78 is 0. The summed E-state index contributed by atoms with van der Waals surface area (Å²) in [6.07, 6.45) is 2.14. The molecule has 0 bridgehead atoms. The SMILES string of the molecule is CC(C)CC(c1ccc(C#N)cc1)c1nc(-c2cccnn2)[nH]c(=O)c1C(N)=O. The number of primary amides is 1. The minimum Gasteiger partial charge on any atom is -0.365 e. The van der Waals surface area contributed by atoms with Gasteiger partial charge in [0, 0.05) is 12.1 Å². The smallest absolute Gasteiger partial charge is 0.264 e. The van der Waals surface area contributed by atoms with Crippen LogP contribution in [0.3, 0.4) is 0 Å². The number of hydrogen-bond acceptors (Lipinski definition) is 6. The van der Waals surface area contributed by atoms with Crippen molar-refractivity contribution in [2.75, 3.05) is 0 Å². The molecule has 2 heterocycles. The molecule has 0 saturated carbocycles. The number of hydrogen-bond donors (Lipinski definition) is 2. The Kier molecular flexibility index (Phi) is 5.79.